The zero-order valence-electron chi connectivity index (χ0n) is 6.60. The van der Waals surface area contributed by atoms with Crippen LogP contribution >= 0.6 is 0 Å². The molecule has 0 N–H and O–H groups in total. The Hall–Kier alpha value is -1.34. The van der Waals surface area contributed by atoms with Crippen molar-refractivity contribution in [3.05, 3.63) is 18.0 Å². The highest BCUT2D eigenvalue weighted by Gasteiger charge is 2.17. The molecule has 0 radical (unpaired) electrons. The topological polar surface area (TPSA) is 50.8 Å². The second-order valence-electron chi connectivity index (χ2n) is 2.84. The lowest BCUT2D eigenvalue weighted by Gasteiger charge is -2.05. The second-order valence-corrected chi connectivity index (χ2v) is 2.84. The quantitative estimate of drug-likeness (QED) is 0.612. The van der Waals surface area contributed by atoms with E-state index in [4.69, 9.17) is 10.00 Å². The molecule has 1 aliphatic heterocycles. The van der Waals surface area contributed by atoms with Crippen LogP contribution in [0, 0.1) is 11.3 Å². The lowest BCUT2D eigenvalue weighted by atomic mass is 10.3. The molecule has 0 amide bonds. The molecule has 0 aliphatic carbocycles. The average Bonchev–Trinajstić information content (AvgIpc) is 2.75. The van der Waals surface area contributed by atoms with Crippen molar-refractivity contribution in [1.82, 2.24) is 9.78 Å². The van der Waals surface area contributed by atoms with Gasteiger partial charge in [-0.15, -0.1) is 0 Å². The summed E-state index contributed by atoms with van der Waals surface area (Å²) in [7, 11) is 0. The Bertz CT molecular complexity index is 306. The van der Waals surface area contributed by atoms with E-state index in [2.05, 4.69) is 5.10 Å². The Morgan fingerprint density at radius 1 is 1.75 bits per heavy atom. The molecule has 4 nitrogen and oxygen atoms in total. The molecule has 1 unspecified atom stereocenters. The van der Waals surface area contributed by atoms with E-state index < -0.39 is 0 Å². The molecule has 1 saturated heterocycles. The highest BCUT2D eigenvalue weighted by Crippen LogP contribution is 2.17. The summed E-state index contributed by atoms with van der Waals surface area (Å²) in [6.07, 6.45) is 4.34. The van der Waals surface area contributed by atoms with E-state index in [1.54, 1.807) is 12.4 Å². The third-order valence-electron chi connectivity index (χ3n) is 2.01. The van der Waals surface area contributed by atoms with Gasteiger partial charge in [0.1, 0.15) is 6.07 Å². The van der Waals surface area contributed by atoms with Gasteiger partial charge in [0.05, 0.1) is 24.4 Å². The summed E-state index contributed by atoms with van der Waals surface area (Å²) in [4.78, 5) is 0. The minimum absolute atomic E-state index is 0.326. The predicted molar refractivity (Wildman–Crippen MR) is 41.4 cm³/mol. The van der Waals surface area contributed by atoms with Crippen molar-refractivity contribution >= 4 is 0 Å². The van der Waals surface area contributed by atoms with Crippen LogP contribution in [0.25, 0.3) is 0 Å². The molecule has 4 heteroatoms. The van der Waals surface area contributed by atoms with Crippen LogP contribution in [0.2, 0.25) is 0 Å². The fourth-order valence-corrected chi connectivity index (χ4v) is 1.33. The molecule has 0 bridgehead atoms. The molecule has 1 fully saturated rings. The molecule has 12 heavy (non-hydrogen) atoms. The first-order chi connectivity index (χ1) is 5.90. The number of hydrogen-bond acceptors (Lipinski definition) is 3. The van der Waals surface area contributed by atoms with Gasteiger partial charge >= 0.3 is 0 Å². The predicted octanol–water partition coefficient (Wildman–Crippen LogP) is 0.716. The fourth-order valence-electron chi connectivity index (χ4n) is 1.33. The number of hydrogen-bond donors (Lipinski definition) is 0. The first kappa shape index (κ1) is 7.32. The van der Waals surface area contributed by atoms with Gasteiger partial charge in [-0.25, -0.2) is 0 Å². The zero-order valence-corrected chi connectivity index (χ0v) is 6.60. The maximum Gasteiger partial charge on any atom is 0.102 e. The van der Waals surface area contributed by atoms with Crippen LogP contribution in [0.4, 0.5) is 0 Å². The number of nitrogens with zero attached hydrogens (tertiary/aromatic N) is 3. The fraction of sp³-hybridized carbons (Fsp3) is 0.500. The zero-order chi connectivity index (χ0) is 8.39. The summed E-state index contributed by atoms with van der Waals surface area (Å²) < 4.78 is 7.02. The van der Waals surface area contributed by atoms with E-state index in [1.165, 1.54) is 0 Å². The van der Waals surface area contributed by atoms with Gasteiger partial charge in [0.15, 0.2) is 0 Å². The highest BCUT2D eigenvalue weighted by atomic mass is 16.5. The standard InChI is InChI=1S/C8H9N3O/c9-3-7-4-10-11(5-7)8-1-2-12-6-8/h4-5,8H,1-2,6H2. The van der Waals surface area contributed by atoms with Gasteiger partial charge in [0.2, 0.25) is 0 Å². The number of ether oxygens (including phenoxy) is 1. The van der Waals surface area contributed by atoms with Crippen LogP contribution in [-0.2, 0) is 4.74 Å². The summed E-state index contributed by atoms with van der Waals surface area (Å²) in [5.74, 6) is 0. The lowest BCUT2D eigenvalue weighted by molar-refractivity contribution is 0.184. The van der Waals surface area contributed by atoms with Gasteiger partial charge in [0.25, 0.3) is 0 Å². The van der Waals surface area contributed by atoms with Crippen molar-refractivity contribution in [2.45, 2.75) is 12.5 Å². The highest BCUT2D eigenvalue weighted by molar-refractivity contribution is 5.21. The summed E-state index contributed by atoms with van der Waals surface area (Å²) in [6, 6.07) is 2.37. The molecule has 2 rings (SSSR count). The van der Waals surface area contributed by atoms with Crippen LogP contribution < -0.4 is 0 Å². The molecule has 0 spiro atoms. The molecule has 1 aromatic rings. The molecular weight excluding hydrogens is 154 g/mol. The van der Waals surface area contributed by atoms with Crippen LogP contribution in [-0.4, -0.2) is 23.0 Å². The maximum absolute atomic E-state index is 8.56. The Labute approximate surface area is 70.4 Å². The van der Waals surface area contributed by atoms with E-state index in [0.717, 1.165) is 13.0 Å². The molecular formula is C8H9N3O. The van der Waals surface area contributed by atoms with Crippen molar-refractivity contribution in [2.24, 2.45) is 0 Å². The first-order valence-corrected chi connectivity index (χ1v) is 3.92. The molecule has 1 aromatic heterocycles. The van der Waals surface area contributed by atoms with Crippen molar-refractivity contribution in [2.75, 3.05) is 13.2 Å². The van der Waals surface area contributed by atoms with Gasteiger partial charge in [-0.2, -0.15) is 10.4 Å². The van der Waals surface area contributed by atoms with E-state index in [-0.39, 0.29) is 0 Å². The van der Waals surface area contributed by atoms with Crippen molar-refractivity contribution < 1.29 is 4.74 Å². The third kappa shape index (κ3) is 1.19. The van der Waals surface area contributed by atoms with Gasteiger partial charge in [-0.1, -0.05) is 0 Å². The summed E-state index contributed by atoms with van der Waals surface area (Å²) in [6.45, 7) is 1.51. The normalized spacial score (nSPS) is 22.4. The van der Waals surface area contributed by atoms with E-state index >= 15 is 0 Å². The molecule has 1 atom stereocenters. The Kier molecular flexibility index (Phi) is 1.80. The molecule has 0 saturated carbocycles. The minimum Gasteiger partial charge on any atom is -0.379 e. The van der Waals surface area contributed by atoms with Gasteiger partial charge < -0.3 is 4.74 Å². The minimum atomic E-state index is 0.326. The maximum atomic E-state index is 8.56. The Morgan fingerprint density at radius 3 is 3.25 bits per heavy atom. The largest absolute Gasteiger partial charge is 0.379 e. The van der Waals surface area contributed by atoms with Crippen LogP contribution in [0.5, 0.6) is 0 Å². The van der Waals surface area contributed by atoms with E-state index in [1.807, 2.05) is 10.8 Å². The Balaban J connectivity index is 2.17. The van der Waals surface area contributed by atoms with Crippen LogP contribution in [0.3, 0.4) is 0 Å². The summed E-state index contributed by atoms with van der Waals surface area (Å²) in [5, 5.41) is 12.6. The van der Waals surface area contributed by atoms with E-state index in [0.29, 0.717) is 18.2 Å². The molecule has 1 aliphatic rings. The number of rotatable bonds is 1. The monoisotopic (exact) mass is 163 g/mol. The van der Waals surface area contributed by atoms with E-state index in [9.17, 15) is 0 Å². The van der Waals surface area contributed by atoms with Crippen LogP contribution in [0.1, 0.15) is 18.0 Å². The average molecular weight is 163 g/mol. The van der Waals surface area contributed by atoms with Gasteiger partial charge in [-0.05, 0) is 6.42 Å². The molecule has 0 aromatic carbocycles. The molecule has 62 valence electrons. The lowest BCUT2D eigenvalue weighted by Crippen LogP contribution is -2.08. The Morgan fingerprint density at radius 2 is 2.67 bits per heavy atom. The number of nitriles is 1. The number of aromatic nitrogens is 2. The molecule has 2 heterocycles. The summed E-state index contributed by atoms with van der Waals surface area (Å²) in [5.41, 5.74) is 0.613. The van der Waals surface area contributed by atoms with Crippen molar-refractivity contribution in [3.63, 3.8) is 0 Å². The SMILES string of the molecule is N#Cc1cnn(C2CCOC2)c1. The third-order valence-corrected chi connectivity index (χ3v) is 2.01. The van der Waals surface area contributed by atoms with Crippen molar-refractivity contribution in [3.8, 4) is 6.07 Å². The van der Waals surface area contributed by atoms with Crippen LogP contribution in [0.15, 0.2) is 12.4 Å². The smallest absolute Gasteiger partial charge is 0.102 e. The summed E-state index contributed by atoms with van der Waals surface area (Å²) >= 11 is 0. The van der Waals surface area contributed by atoms with Gasteiger partial charge in [0, 0.05) is 12.8 Å². The first-order valence-electron chi connectivity index (χ1n) is 3.92. The second kappa shape index (κ2) is 2.95. The van der Waals surface area contributed by atoms with Gasteiger partial charge in [-0.3, -0.25) is 4.68 Å². The van der Waals surface area contributed by atoms with Crippen molar-refractivity contribution in [1.29, 1.82) is 5.26 Å².